The van der Waals surface area contributed by atoms with Gasteiger partial charge in [0, 0.05) is 39.8 Å². The van der Waals surface area contributed by atoms with Crippen LogP contribution in [0, 0.1) is 23.2 Å². The van der Waals surface area contributed by atoms with Crippen molar-refractivity contribution < 1.29 is 9.59 Å². The third kappa shape index (κ3) is 3.34. The molecule has 1 saturated carbocycles. The fourth-order valence-electron chi connectivity index (χ4n) is 4.44. The van der Waals surface area contributed by atoms with E-state index >= 15 is 0 Å². The summed E-state index contributed by atoms with van der Waals surface area (Å²) in [5, 5.41) is 12.5. The second kappa shape index (κ2) is 6.98. The lowest BCUT2D eigenvalue weighted by atomic mass is 10.0. The van der Waals surface area contributed by atoms with Gasteiger partial charge in [0.25, 0.3) is 0 Å². The van der Waals surface area contributed by atoms with Crippen molar-refractivity contribution in [3.63, 3.8) is 0 Å². The monoisotopic (exact) mass is 333 g/mol. The summed E-state index contributed by atoms with van der Waals surface area (Å²) >= 11 is 0. The number of rotatable bonds is 3. The number of amides is 3. The minimum Gasteiger partial charge on any atom is -0.331 e. The molecule has 3 rings (SSSR count). The van der Waals surface area contributed by atoms with Crippen LogP contribution in [-0.4, -0.2) is 79.0 Å². The quantitative estimate of drug-likeness (QED) is 0.815. The van der Waals surface area contributed by atoms with Gasteiger partial charge in [0.15, 0.2) is 0 Å². The zero-order valence-corrected chi connectivity index (χ0v) is 14.6. The van der Waals surface area contributed by atoms with E-state index in [1.807, 2.05) is 4.90 Å². The highest BCUT2D eigenvalue weighted by atomic mass is 16.2. The average molecular weight is 333 g/mol. The Morgan fingerprint density at radius 2 is 1.92 bits per heavy atom. The normalized spacial score (nSPS) is 29.6. The zero-order chi connectivity index (χ0) is 17.3. The van der Waals surface area contributed by atoms with Gasteiger partial charge in [-0.05, 0) is 37.5 Å². The molecule has 2 aliphatic heterocycles. The van der Waals surface area contributed by atoms with Crippen molar-refractivity contribution in [2.24, 2.45) is 11.8 Å². The highest BCUT2D eigenvalue weighted by molar-refractivity contribution is 5.79. The summed E-state index contributed by atoms with van der Waals surface area (Å²) < 4.78 is 0. The van der Waals surface area contributed by atoms with Crippen LogP contribution in [0.4, 0.5) is 4.79 Å². The Labute approximate surface area is 143 Å². The predicted octanol–water partition coefficient (Wildman–Crippen LogP) is 0.483. The largest absolute Gasteiger partial charge is 0.331 e. The average Bonchev–Trinajstić information content (AvgIpc) is 3.25. The van der Waals surface area contributed by atoms with Gasteiger partial charge >= 0.3 is 6.03 Å². The van der Waals surface area contributed by atoms with Crippen molar-refractivity contribution in [3.05, 3.63) is 0 Å². The number of hydrogen-bond acceptors (Lipinski definition) is 4. The number of nitrogens with zero attached hydrogens (tertiary/aromatic N) is 4. The third-order valence-electron chi connectivity index (χ3n) is 5.67. The number of hydrogen-bond donors (Lipinski definition) is 1. The molecule has 0 aromatic rings. The molecular formula is C17H27N5O2. The van der Waals surface area contributed by atoms with E-state index in [9.17, 15) is 9.59 Å². The van der Waals surface area contributed by atoms with E-state index in [2.05, 4.69) is 11.4 Å². The van der Waals surface area contributed by atoms with Gasteiger partial charge in [-0.3, -0.25) is 4.79 Å². The number of nitrogens with one attached hydrogen (secondary N) is 1. The molecule has 0 bridgehead atoms. The molecule has 3 amide bonds. The fourth-order valence-corrected chi connectivity index (χ4v) is 4.44. The molecule has 3 fully saturated rings. The molecule has 0 spiro atoms. The van der Waals surface area contributed by atoms with E-state index in [4.69, 9.17) is 5.26 Å². The number of carbonyl (C=O) groups excluding carboxylic acids is 2. The lowest BCUT2D eigenvalue weighted by Crippen LogP contribution is -2.43. The first kappa shape index (κ1) is 17.0. The molecule has 2 heterocycles. The van der Waals surface area contributed by atoms with Crippen LogP contribution in [0.15, 0.2) is 0 Å². The molecule has 7 heteroatoms. The lowest BCUT2D eigenvalue weighted by molar-refractivity contribution is -0.130. The van der Waals surface area contributed by atoms with Crippen molar-refractivity contribution in [2.75, 3.05) is 40.3 Å². The second-order valence-corrected chi connectivity index (χ2v) is 7.53. The number of likely N-dealkylation sites (tertiary alicyclic amines) is 2. The maximum absolute atomic E-state index is 12.3. The van der Waals surface area contributed by atoms with Crippen molar-refractivity contribution >= 4 is 11.9 Å². The van der Waals surface area contributed by atoms with Crippen LogP contribution in [0.25, 0.3) is 0 Å². The smallest absolute Gasteiger partial charge is 0.319 e. The third-order valence-corrected chi connectivity index (χ3v) is 5.67. The van der Waals surface area contributed by atoms with E-state index in [1.54, 1.807) is 23.9 Å². The van der Waals surface area contributed by atoms with Crippen LogP contribution in [0.3, 0.4) is 0 Å². The molecule has 2 saturated heterocycles. The summed E-state index contributed by atoms with van der Waals surface area (Å²) in [5.41, 5.74) is 0. The Balaban J connectivity index is 1.43. The van der Waals surface area contributed by atoms with Gasteiger partial charge in [0.2, 0.25) is 5.91 Å². The Hall–Kier alpha value is -1.81. The van der Waals surface area contributed by atoms with E-state index in [-0.39, 0.29) is 18.0 Å². The molecule has 0 aromatic heterocycles. The maximum Gasteiger partial charge on any atom is 0.319 e. The predicted molar refractivity (Wildman–Crippen MR) is 89.0 cm³/mol. The molecule has 3 atom stereocenters. The highest BCUT2D eigenvalue weighted by Gasteiger charge is 2.42. The first-order valence-corrected chi connectivity index (χ1v) is 8.88. The number of carbonyl (C=O) groups is 2. The lowest BCUT2D eigenvalue weighted by Gasteiger charge is -2.24. The summed E-state index contributed by atoms with van der Waals surface area (Å²) in [6.45, 7) is 2.69. The first-order valence-electron chi connectivity index (χ1n) is 8.88. The van der Waals surface area contributed by atoms with Gasteiger partial charge in [-0.1, -0.05) is 0 Å². The van der Waals surface area contributed by atoms with Crippen molar-refractivity contribution in [2.45, 2.75) is 37.8 Å². The zero-order valence-electron chi connectivity index (χ0n) is 14.6. The number of urea groups is 1. The van der Waals surface area contributed by atoms with Crippen LogP contribution >= 0.6 is 0 Å². The molecule has 0 radical (unpaired) electrons. The Bertz CT molecular complexity index is 530. The molecule has 24 heavy (non-hydrogen) atoms. The van der Waals surface area contributed by atoms with Gasteiger partial charge in [0.05, 0.1) is 12.6 Å². The van der Waals surface area contributed by atoms with Gasteiger partial charge < -0.3 is 20.0 Å². The Morgan fingerprint density at radius 3 is 2.50 bits per heavy atom. The van der Waals surface area contributed by atoms with E-state index < -0.39 is 0 Å². The van der Waals surface area contributed by atoms with Gasteiger partial charge in [-0.15, -0.1) is 0 Å². The molecule has 3 aliphatic rings. The van der Waals surface area contributed by atoms with E-state index in [0.29, 0.717) is 31.0 Å². The molecule has 1 N–H and O–H groups in total. The van der Waals surface area contributed by atoms with Crippen LogP contribution in [0.5, 0.6) is 0 Å². The van der Waals surface area contributed by atoms with Gasteiger partial charge in [0.1, 0.15) is 6.04 Å². The van der Waals surface area contributed by atoms with Gasteiger partial charge in [-0.25, -0.2) is 4.79 Å². The first-order chi connectivity index (χ1) is 11.5. The molecule has 132 valence electrons. The Morgan fingerprint density at radius 1 is 1.25 bits per heavy atom. The molecular weight excluding hydrogens is 306 g/mol. The maximum atomic E-state index is 12.3. The number of nitriles is 1. The Kier molecular flexibility index (Phi) is 4.95. The van der Waals surface area contributed by atoms with E-state index in [1.165, 1.54) is 0 Å². The summed E-state index contributed by atoms with van der Waals surface area (Å²) in [7, 11) is 3.58. The highest BCUT2D eigenvalue weighted by Crippen LogP contribution is 2.38. The van der Waals surface area contributed by atoms with Gasteiger partial charge in [-0.2, -0.15) is 5.26 Å². The van der Waals surface area contributed by atoms with Crippen LogP contribution < -0.4 is 5.32 Å². The van der Waals surface area contributed by atoms with Crippen molar-refractivity contribution in [3.8, 4) is 6.07 Å². The SMILES string of the molecule is CN(C)C(=O)N1C[C@@H]2CC(NCC(=O)N3CCCC3C#N)C[C@H]2C1. The summed E-state index contributed by atoms with van der Waals surface area (Å²) in [4.78, 5) is 29.6. The topological polar surface area (TPSA) is 79.7 Å². The summed E-state index contributed by atoms with van der Waals surface area (Å²) in [6, 6.07) is 2.42. The fraction of sp³-hybridized carbons (Fsp3) is 0.824. The summed E-state index contributed by atoms with van der Waals surface area (Å²) in [6.07, 6.45) is 3.77. The molecule has 1 unspecified atom stereocenters. The molecule has 1 aliphatic carbocycles. The van der Waals surface area contributed by atoms with Crippen LogP contribution in [-0.2, 0) is 4.79 Å². The number of fused-ring (bicyclic) bond motifs is 1. The van der Waals surface area contributed by atoms with Crippen LogP contribution in [0.1, 0.15) is 25.7 Å². The van der Waals surface area contributed by atoms with Crippen LogP contribution in [0.2, 0.25) is 0 Å². The second-order valence-electron chi connectivity index (χ2n) is 7.53. The minimum atomic E-state index is -0.243. The summed E-state index contributed by atoms with van der Waals surface area (Å²) in [5.74, 6) is 1.13. The van der Waals surface area contributed by atoms with E-state index in [0.717, 1.165) is 38.8 Å². The molecule has 0 aromatic carbocycles. The standard InChI is InChI=1S/C17H27N5O2/c1-20(2)17(24)21-10-12-6-14(7-13(12)11-21)19-9-16(23)22-5-3-4-15(22)8-18/h12-15,19H,3-7,9-11H2,1-2H3/t12-,13-,15?/m0/s1. The minimum absolute atomic E-state index is 0.0421. The van der Waals surface area contributed by atoms with Crippen molar-refractivity contribution in [1.29, 1.82) is 5.26 Å². The molecule has 7 nitrogen and oxygen atoms in total. The van der Waals surface area contributed by atoms with Crippen molar-refractivity contribution in [1.82, 2.24) is 20.0 Å².